The number of carbonyl (C=O) groups is 2. The molecule has 254 valence electrons. The fraction of sp³-hybridized carbons (Fsp3) is 0.116. The Balaban J connectivity index is 1.33. The van der Waals surface area contributed by atoms with Crippen LogP contribution in [0.5, 0.6) is 5.75 Å². The quantitative estimate of drug-likeness (QED) is 0.156. The van der Waals surface area contributed by atoms with Gasteiger partial charge in [0.25, 0.3) is 5.91 Å². The number of aryl methyl sites for hydroxylation is 1. The second kappa shape index (κ2) is 14.0. The first kappa shape index (κ1) is 33.4. The van der Waals surface area contributed by atoms with Crippen molar-refractivity contribution in [1.82, 2.24) is 0 Å². The molecule has 0 saturated carbocycles. The molecule has 0 saturated heterocycles. The Labute approximate surface area is 293 Å². The third-order valence-electron chi connectivity index (χ3n) is 9.17. The molecule has 0 unspecified atom stereocenters. The van der Waals surface area contributed by atoms with Crippen LogP contribution < -0.4 is 9.64 Å². The smallest absolute Gasteiger partial charge is 0.478 e. The van der Waals surface area contributed by atoms with E-state index in [2.05, 4.69) is 16.9 Å². The molecule has 0 radical (unpaired) electrons. The number of benzene rings is 6. The minimum atomic E-state index is -4.85. The summed E-state index contributed by atoms with van der Waals surface area (Å²) in [6.45, 7) is 0.345. The monoisotopic (exact) mass is 683 g/mol. The molecule has 7 rings (SSSR count). The van der Waals surface area contributed by atoms with Gasteiger partial charge in [-0.25, -0.2) is 4.79 Å². The van der Waals surface area contributed by atoms with Crippen molar-refractivity contribution >= 4 is 17.6 Å². The van der Waals surface area contributed by atoms with Crippen LogP contribution in [0.1, 0.15) is 43.8 Å². The molecule has 8 heteroatoms. The Morgan fingerprint density at radius 1 is 0.686 bits per heavy atom. The molecule has 1 N–H and O–H groups in total. The predicted octanol–water partition coefficient (Wildman–Crippen LogP) is 10.5. The highest BCUT2D eigenvalue weighted by Crippen LogP contribution is 2.46. The Kier molecular flexibility index (Phi) is 9.15. The van der Waals surface area contributed by atoms with E-state index < -0.39 is 18.1 Å². The molecule has 0 bridgehead atoms. The van der Waals surface area contributed by atoms with Crippen molar-refractivity contribution in [3.63, 3.8) is 0 Å². The Hall–Kier alpha value is -6.15. The van der Waals surface area contributed by atoms with Gasteiger partial charge in [0.1, 0.15) is 5.75 Å². The molecule has 6 aromatic carbocycles. The lowest BCUT2D eigenvalue weighted by molar-refractivity contribution is -0.274. The fourth-order valence-corrected chi connectivity index (χ4v) is 6.86. The SMILES string of the molecule is O=C(O)c1ccccc1-c1ccc(-c2c(N(CCCc3ccccc3)C(=O)c3ccc(OC(F)(F)F)cc3)ccc3c2Cc2ccccc2-3)cc1. The second-order valence-electron chi connectivity index (χ2n) is 12.4. The summed E-state index contributed by atoms with van der Waals surface area (Å²) in [4.78, 5) is 28.1. The average molecular weight is 684 g/mol. The summed E-state index contributed by atoms with van der Waals surface area (Å²) in [5.41, 5.74) is 9.68. The molecule has 6 aromatic rings. The van der Waals surface area contributed by atoms with Gasteiger partial charge in [0.2, 0.25) is 0 Å². The maximum absolute atomic E-state index is 14.4. The molecule has 0 heterocycles. The molecular formula is C43H32F3NO4. The predicted molar refractivity (Wildman–Crippen MR) is 192 cm³/mol. The number of halogens is 3. The average Bonchev–Trinajstić information content (AvgIpc) is 3.52. The molecule has 0 fully saturated rings. The second-order valence-corrected chi connectivity index (χ2v) is 12.4. The molecular weight excluding hydrogens is 651 g/mol. The van der Waals surface area contributed by atoms with E-state index in [-0.39, 0.29) is 17.0 Å². The summed E-state index contributed by atoms with van der Waals surface area (Å²) in [5.74, 6) is -1.78. The normalized spacial score (nSPS) is 11.8. The Morgan fingerprint density at radius 3 is 2.04 bits per heavy atom. The minimum Gasteiger partial charge on any atom is -0.478 e. The van der Waals surface area contributed by atoms with Gasteiger partial charge in [-0.15, -0.1) is 13.2 Å². The van der Waals surface area contributed by atoms with Gasteiger partial charge in [0.15, 0.2) is 0 Å². The summed E-state index contributed by atoms with van der Waals surface area (Å²) in [6.07, 6.45) is -2.86. The van der Waals surface area contributed by atoms with Crippen LogP contribution in [-0.2, 0) is 12.8 Å². The molecule has 1 amide bonds. The van der Waals surface area contributed by atoms with E-state index in [9.17, 15) is 27.9 Å². The van der Waals surface area contributed by atoms with E-state index in [0.29, 0.717) is 37.1 Å². The minimum absolute atomic E-state index is 0.198. The Bertz CT molecular complexity index is 2210. The zero-order valence-electron chi connectivity index (χ0n) is 27.4. The number of carboxylic acid groups (broad SMARTS) is 1. The molecule has 1 aliphatic rings. The summed E-state index contributed by atoms with van der Waals surface area (Å²) in [6, 6.07) is 41.7. The van der Waals surface area contributed by atoms with Crippen LogP contribution in [0, 0.1) is 0 Å². The summed E-state index contributed by atoms with van der Waals surface area (Å²) in [5, 5.41) is 9.81. The van der Waals surface area contributed by atoms with Crippen molar-refractivity contribution in [1.29, 1.82) is 0 Å². The number of fused-ring (bicyclic) bond motifs is 3. The number of carbonyl (C=O) groups excluding carboxylic acids is 1. The van der Waals surface area contributed by atoms with Crippen LogP contribution in [0.3, 0.4) is 0 Å². The number of hydrogen-bond donors (Lipinski definition) is 1. The third kappa shape index (κ3) is 7.12. The van der Waals surface area contributed by atoms with E-state index >= 15 is 0 Å². The van der Waals surface area contributed by atoms with E-state index in [1.807, 2.05) is 78.9 Å². The highest BCUT2D eigenvalue weighted by Gasteiger charge is 2.32. The molecule has 51 heavy (non-hydrogen) atoms. The van der Waals surface area contributed by atoms with Crippen molar-refractivity contribution in [2.45, 2.75) is 25.6 Å². The van der Waals surface area contributed by atoms with E-state index in [0.717, 1.165) is 51.1 Å². The number of ether oxygens (including phenoxy) is 1. The van der Waals surface area contributed by atoms with Gasteiger partial charge in [-0.1, -0.05) is 103 Å². The first-order valence-electron chi connectivity index (χ1n) is 16.5. The van der Waals surface area contributed by atoms with Gasteiger partial charge in [-0.05, 0) is 100 Å². The van der Waals surface area contributed by atoms with Gasteiger partial charge in [0, 0.05) is 17.7 Å². The molecule has 5 nitrogen and oxygen atoms in total. The maximum atomic E-state index is 14.4. The molecule has 0 atom stereocenters. The lowest BCUT2D eigenvalue weighted by Gasteiger charge is -2.28. The van der Waals surface area contributed by atoms with E-state index in [4.69, 9.17) is 0 Å². The number of rotatable bonds is 10. The van der Waals surface area contributed by atoms with Gasteiger partial charge in [-0.3, -0.25) is 4.79 Å². The van der Waals surface area contributed by atoms with Crippen LogP contribution in [-0.4, -0.2) is 29.9 Å². The largest absolute Gasteiger partial charge is 0.573 e. The molecule has 0 aromatic heterocycles. The number of hydrogen-bond acceptors (Lipinski definition) is 3. The number of nitrogens with zero attached hydrogens (tertiary/aromatic N) is 1. The summed E-state index contributed by atoms with van der Waals surface area (Å²) in [7, 11) is 0. The van der Waals surface area contributed by atoms with Gasteiger partial charge in [-0.2, -0.15) is 0 Å². The van der Waals surface area contributed by atoms with Gasteiger partial charge < -0.3 is 14.7 Å². The topological polar surface area (TPSA) is 66.8 Å². The molecule has 0 spiro atoms. The zero-order chi connectivity index (χ0) is 35.5. The lowest BCUT2D eigenvalue weighted by atomic mass is 9.91. The fourth-order valence-electron chi connectivity index (χ4n) is 6.86. The number of anilines is 1. The standard InChI is InChI=1S/C43H32F3NO4/c44-43(45,46)51-33-22-20-31(21-23-33)41(48)47(26-8-11-28-9-2-1-3-10-28)39-25-24-36-35-14-5-4-12-32(35)27-38(36)40(39)30-18-16-29(17-19-30)34-13-6-7-15-37(34)42(49)50/h1-7,9-10,12-25H,8,11,26-27H2,(H,49,50). The van der Waals surface area contributed by atoms with Crippen LogP contribution in [0.15, 0.2) is 140 Å². The molecule has 1 aliphatic carbocycles. The summed E-state index contributed by atoms with van der Waals surface area (Å²) >= 11 is 0. The zero-order valence-corrected chi connectivity index (χ0v) is 27.4. The number of carboxylic acids is 1. The van der Waals surface area contributed by atoms with Crippen molar-refractivity contribution < 1.29 is 32.6 Å². The van der Waals surface area contributed by atoms with Crippen molar-refractivity contribution in [3.8, 4) is 39.1 Å². The van der Waals surface area contributed by atoms with Gasteiger partial charge in [0.05, 0.1) is 11.3 Å². The number of amides is 1. The third-order valence-corrected chi connectivity index (χ3v) is 9.17. The first-order chi connectivity index (χ1) is 24.7. The summed E-state index contributed by atoms with van der Waals surface area (Å²) < 4.78 is 42.7. The first-order valence-corrected chi connectivity index (χ1v) is 16.5. The number of alkyl halides is 3. The van der Waals surface area contributed by atoms with Crippen molar-refractivity contribution in [2.75, 3.05) is 11.4 Å². The van der Waals surface area contributed by atoms with Crippen molar-refractivity contribution in [3.05, 3.63) is 167 Å². The van der Waals surface area contributed by atoms with Crippen LogP contribution >= 0.6 is 0 Å². The number of aromatic carboxylic acids is 1. The van der Waals surface area contributed by atoms with E-state index in [1.54, 1.807) is 29.2 Å². The van der Waals surface area contributed by atoms with Gasteiger partial charge >= 0.3 is 12.3 Å². The van der Waals surface area contributed by atoms with Crippen LogP contribution in [0.4, 0.5) is 18.9 Å². The van der Waals surface area contributed by atoms with Crippen LogP contribution in [0.25, 0.3) is 33.4 Å². The lowest BCUT2D eigenvalue weighted by Crippen LogP contribution is -2.33. The van der Waals surface area contributed by atoms with Crippen molar-refractivity contribution in [2.24, 2.45) is 0 Å². The highest BCUT2D eigenvalue weighted by molar-refractivity contribution is 6.09. The Morgan fingerprint density at radius 2 is 1.33 bits per heavy atom. The molecule has 0 aliphatic heterocycles. The highest BCUT2D eigenvalue weighted by atomic mass is 19.4. The van der Waals surface area contributed by atoms with Crippen LogP contribution in [0.2, 0.25) is 0 Å². The maximum Gasteiger partial charge on any atom is 0.573 e. The van der Waals surface area contributed by atoms with E-state index in [1.165, 1.54) is 17.7 Å².